The van der Waals surface area contributed by atoms with E-state index in [1.54, 1.807) is 7.11 Å². The number of carbonyl (C=O) groups is 1. The van der Waals surface area contributed by atoms with Crippen LogP contribution in [0.5, 0.6) is 0 Å². The Bertz CT molecular complexity index is 403. The molecule has 0 aliphatic heterocycles. The molecule has 0 atom stereocenters. The van der Waals surface area contributed by atoms with Crippen molar-refractivity contribution in [1.29, 1.82) is 0 Å². The Morgan fingerprint density at radius 3 is 2.72 bits per heavy atom. The molecule has 1 aromatic rings. The lowest BCUT2D eigenvalue weighted by molar-refractivity contribution is 0.0924. The van der Waals surface area contributed by atoms with Crippen molar-refractivity contribution in [3.8, 4) is 0 Å². The Morgan fingerprint density at radius 2 is 2.00 bits per heavy atom. The summed E-state index contributed by atoms with van der Waals surface area (Å²) in [4.78, 5) is 13.1. The van der Waals surface area contributed by atoms with Gasteiger partial charge in [0.15, 0.2) is 0 Å². The number of hydrogen-bond donors (Lipinski definition) is 1. The van der Waals surface area contributed by atoms with Gasteiger partial charge in [-0.3, -0.25) is 4.79 Å². The van der Waals surface area contributed by atoms with Gasteiger partial charge in [-0.25, -0.2) is 0 Å². The smallest absolute Gasteiger partial charge is 0.252 e. The molecular formula is C14H19NO2S. The minimum absolute atomic E-state index is 0.0158. The molecule has 18 heavy (non-hydrogen) atoms. The highest BCUT2D eigenvalue weighted by Crippen LogP contribution is 2.23. The quantitative estimate of drug-likeness (QED) is 0.848. The Kier molecular flexibility index (Phi) is 5.08. The van der Waals surface area contributed by atoms with Crippen molar-refractivity contribution in [3.63, 3.8) is 0 Å². The third kappa shape index (κ3) is 3.50. The van der Waals surface area contributed by atoms with Crippen LogP contribution in [0.3, 0.4) is 0 Å². The molecule has 1 fully saturated rings. The van der Waals surface area contributed by atoms with Gasteiger partial charge in [0.05, 0.1) is 12.7 Å². The van der Waals surface area contributed by atoms with E-state index in [0.717, 1.165) is 17.7 Å². The molecule has 1 aromatic carbocycles. The van der Waals surface area contributed by atoms with Crippen LogP contribution in [0.1, 0.15) is 42.5 Å². The lowest BCUT2D eigenvalue weighted by Gasteiger charge is -2.23. The average Bonchev–Trinajstić information content (AvgIpc) is 2.41. The third-order valence-corrected chi connectivity index (χ3v) is 3.95. The lowest BCUT2D eigenvalue weighted by Crippen LogP contribution is -2.36. The average molecular weight is 265 g/mol. The van der Waals surface area contributed by atoms with Gasteiger partial charge in [-0.1, -0.05) is 31.4 Å². The van der Waals surface area contributed by atoms with Crippen LogP contribution < -0.4 is 5.32 Å². The molecule has 0 saturated heterocycles. The van der Waals surface area contributed by atoms with Crippen LogP contribution in [0.2, 0.25) is 0 Å². The van der Waals surface area contributed by atoms with Crippen molar-refractivity contribution in [2.75, 3.05) is 7.11 Å². The first kappa shape index (κ1) is 13.4. The highest BCUT2D eigenvalue weighted by Gasteiger charge is 2.18. The Hall–Kier alpha value is -1.00. The van der Waals surface area contributed by atoms with Gasteiger partial charge in [-0.2, -0.15) is 0 Å². The molecule has 1 aliphatic rings. The summed E-state index contributed by atoms with van der Waals surface area (Å²) in [6.45, 7) is 0. The third-order valence-electron chi connectivity index (χ3n) is 3.25. The summed E-state index contributed by atoms with van der Waals surface area (Å²) < 4.78 is 5.05. The molecular weight excluding hydrogens is 246 g/mol. The van der Waals surface area contributed by atoms with Gasteiger partial charge >= 0.3 is 0 Å². The standard InChI is InChI=1S/C14H19NO2S/c1-17-18-13-10-6-5-9-12(13)14(16)15-11-7-3-2-4-8-11/h5-6,9-11H,2-4,7-8H2,1H3,(H,15,16). The van der Waals surface area contributed by atoms with Crippen molar-refractivity contribution in [2.24, 2.45) is 0 Å². The first-order valence-corrected chi connectivity index (χ1v) is 7.16. The molecule has 4 heteroatoms. The van der Waals surface area contributed by atoms with Crippen molar-refractivity contribution < 1.29 is 8.98 Å². The summed E-state index contributed by atoms with van der Waals surface area (Å²) in [6.07, 6.45) is 5.94. The summed E-state index contributed by atoms with van der Waals surface area (Å²) in [6, 6.07) is 7.89. The van der Waals surface area contributed by atoms with Crippen molar-refractivity contribution in [2.45, 2.75) is 43.0 Å². The van der Waals surface area contributed by atoms with E-state index >= 15 is 0 Å². The zero-order valence-corrected chi connectivity index (χ0v) is 11.5. The molecule has 0 aromatic heterocycles. The second kappa shape index (κ2) is 6.81. The van der Waals surface area contributed by atoms with Crippen LogP contribution in [0.25, 0.3) is 0 Å². The highest BCUT2D eigenvalue weighted by molar-refractivity contribution is 7.94. The summed E-state index contributed by atoms with van der Waals surface area (Å²) in [5.41, 5.74) is 0.704. The number of rotatable bonds is 4. The molecule has 1 saturated carbocycles. The van der Waals surface area contributed by atoms with Gasteiger partial charge in [0.2, 0.25) is 0 Å². The minimum atomic E-state index is 0.0158. The Labute approximate surface area is 113 Å². The topological polar surface area (TPSA) is 38.3 Å². The maximum Gasteiger partial charge on any atom is 0.252 e. The van der Waals surface area contributed by atoms with Gasteiger partial charge in [-0.15, -0.1) is 0 Å². The van der Waals surface area contributed by atoms with E-state index in [1.807, 2.05) is 24.3 Å². The van der Waals surface area contributed by atoms with Crippen molar-refractivity contribution in [3.05, 3.63) is 29.8 Å². The van der Waals surface area contributed by atoms with E-state index in [9.17, 15) is 4.79 Å². The van der Waals surface area contributed by atoms with E-state index in [-0.39, 0.29) is 5.91 Å². The number of carbonyl (C=O) groups excluding carboxylic acids is 1. The van der Waals surface area contributed by atoms with Gasteiger partial charge in [0.25, 0.3) is 5.91 Å². The SMILES string of the molecule is COSc1ccccc1C(=O)NC1CCCCC1. The predicted molar refractivity (Wildman–Crippen MR) is 73.6 cm³/mol. The summed E-state index contributed by atoms with van der Waals surface area (Å²) in [7, 11) is 1.61. The highest BCUT2D eigenvalue weighted by atomic mass is 32.2. The number of amides is 1. The van der Waals surface area contributed by atoms with Gasteiger partial charge in [0, 0.05) is 23.0 Å². The summed E-state index contributed by atoms with van der Waals surface area (Å²) in [5, 5.41) is 3.13. The van der Waals surface area contributed by atoms with Crippen LogP contribution in [0.15, 0.2) is 29.2 Å². The van der Waals surface area contributed by atoms with Gasteiger partial charge in [-0.05, 0) is 25.0 Å². The van der Waals surface area contributed by atoms with E-state index in [0.29, 0.717) is 11.6 Å². The number of benzene rings is 1. The van der Waals surface area contributed by atoms with E-state index in [4.69, 9.17) is 4.18 Å². The Balaban J connectivity index is 2.03. The first-order chi connectivity index (χ1) is 8.81. The van der Waals surface area contributed by atoms with Gasteiger partial charge < -0.3 is 9.50 Å². The molecule has 0 bridgehead atoms. The molecule has 0 spiro atoms. The summed E-state index contributed by atoms with van der Waals surface area (Å²) >= 11 is 1.23. The second-order valence-corrected chi connectivity index (χ2v) is 5.49. The molecule has 1 N–H and O–H groups in total. The zero-order chi connectivity index (χ0) is 12.8. The van der Waals surface area contributed by atoms with Crippen molar-refractivity contribution in [1.82, 2.24) is 5.32 Å². The predicted octanol–water partition coefficient (Wildman–Crippen LogP) is 3.40. The fourth-order valence-corrected chi connectivity index (χ4v) is 2.89. The number of hydrogen-bond acceptors (Lipinski definition) is 3. The maximum atomic E-state index is 12.2. The fraction of sp³-hybridized carbons (Fsp3) is 0.500. The van der Waals surface area contributed by atoms with E-state index in [1.165, 1.54) is 31.3 Å². The summed E-state index contributed by atoms with van der Waals surface area (Å²) in [5.74, 6) is 0.0158. The van der Waals surface area contributed by atoms with Crippen LogP contribution in [-0.2, 0) is 4.18 Å². The first-order valence-electron chi connectivity index (χ1n) is 6.42. The van der Waals surface area contributed by atoms with Gasteiger partial charge in [0.1, 0.15) is 0 Å². The molecule has 0 radical (unpaired) electrons. The lowest BCUT2D eigenvalue weighted by atomic mass is 9.95. The maximum absolute atomic E-state index is 12.2. The molecule has 1 aliphatic carbocycles. The van der Waals surface area contributed by atoms with Crippen LogP contribution >= 0.6 is 12.0 Å². The molecule has 0 heterocycles. The van der Waals surface area contributed by atoms with Crippen LogP contribution in [-0.4, -0.2) is 19.1 Å². The zero-order valence-electron chi connectivity index (χ0n) is 10.6. The van der Waals surface area contributed by atoms with Crippen LogP contribution in [0, 0.1) is 0 Å². The molecule has 1 amide bonds. The second-order valence-electron chi connectivity index (χ2n) is 4.55. The van der Waals surface area contributed by atoms with Crippen molar-refractivity contribution >= 4 is 17.9 Å². The van der Waals surface area contributed by atoms with E-state index < -0.39 is 0 Å². The number of nitrogens with one attached hydrogen (secondary N) is 1. The largest absolute Gasteiger partial charge is 0.349 e. The normalized spacial score (nSPS) is 16.5. The van der Waals surface area contributed by atoms with Crippen LogP contribution in [0.4, 0.5) is 0 Å². The minimum Gasteiger partial charge on any atom is -0.349 e. The van der Waals surface area contributed by atoms with E-state index in [2.05, 4.69) is 5.32 Å². The molecule has 3 nitrogen and oxygen atoms in total. The Morgan fingerprint density at radius 1 is 1.28 bits per heavy atom. The monoisotopic (exact) mass is 265 g/mol. The molecule has 0 unspecified atom stereocenters. The molecule has 98 valence electrons. The molecule has 2 rings (SSSR count). The fourth-order valence-electron chi connectivity index (χ4n) is 2.33.